The third-order valence-corrected chi connectivity index (χ3v) is 5.66. The van der Waals surface area contributed by atoms with Crippen LogP contribution in [0.15, 0.2) is 48.8 Å². The maximum atomic E-state index is 10.9. The number of hydrogen-bond donors (Lipinski definition) is 1. The minimum absolute atomic E-state index is 0.129. The number of nitrogens with zero attached hydrogens (tertiary/aromatic N) is 5. The van der Waals surface area contributed by atoms with Crippen LogP contribution in [0.4, 0.5) is 5.82 Å². The van der Waals surface area contributed by atoms with Gasteiger partial charge < -0.3 is 19.6 Å². The van der Waals surface area contributed by atoms with Gasteiger partial charge >= 0.3 is 0 Å². The van der Waals surface area contributed by atoms with Crippen LogP contribution in [0.25, 0.3) is 23.2 Å². The lowest BCUT2D eigenvalue weighted by Gasteiger charge is -2.34. The fourth-order valence-electron chi connectivity index (χ4n) is 3.84. The van der Waals surface area contributed by atoms with Crippen LogP contribution in [0.3, 0.4) is 0 Å². The zero-order valence-electron chi connectivity index (χ0n) is 18.8. The minimum Gasteiger partial charge on any atom is -0.507 e. The Bertz CT molecular complexity index is 1090. The van der Waals surface area contributed by atoms with Crippen molar-refractivity contribution in [1.29, 1.82) is 0 Å². The molecule has 7 heteroatoms. The molecule has 0 radical (unpaired) electrons. The van der Waals surface area contributed by atoms with Crippen LogP contribution < -0.4 is 9.64 Å². The first-order chi connectivity index (χ1) is 15.6. The van der Waals surface area contributed by atoms with E-state index in [1.54, 1.807) is 25.6 Å². The molecule has 166 valence electrons. The lowest BCUT2D eigenvalue weighted by Crippen LogP contribution is -2.46. The van der Waals surface area contributed by atoms with Crippen molar-refractivity contribution in [2.75, 3.05) is 44.7 Å². The van der Waals surface area contributed by atoms with Crippen LogP contribution >= 0.6 is 0 Å². The fraction of sp³-hybridized carbons (Fsp3) is 0.320. The molecule has 0 saturated carbocycles. The standard InChI is InChI=1S/C25H29N5O2/c1-4-29-8-10-30(11-9-29)24-16-21(27-25(28-24)19-6-5-7-26-17-19)15-23(31)20-12-18(2)13-22(14-20)32-3/h5-7,12-17,31H,4,8-11H2,1-3H3/b23-15+. The van der Waals surface area contributed by atoms with Crippen molar-refractivity contribution >= 4 is 17.7 Å². The van der Waals surface area contributed by atoms with Gasteiger partial charge in [-0.25, -0.2) is 9.97 Å². The Kier molecular flexibility index (Phi) is 6.66. The number of methoxy groups -OCH3 is 1. The maximum Gasteiger partial charge on any atom is 0.163 e. The molecule has 32 heavy (non-hydrogen) atoms. The molecule has 1 aliphatic heterocycles. The highest BCUT2D eigenvalue weighted by Crippen LogP contribution is 2.25. The van der Waals surface area contributed by atoms with E-state index in [0.29, 0.717) is 22.8 Å². The number of hydrogen-bond acceptors (Lipinski definition) is 7. The maximum absolute atomic E-state index is 10.9. The zero-order chi connectivity index (χ0) is 22.5. The second-order valence-corrected chi connectivity index (χ2v) is 7.91. The van der Waals surface area contributed by atoms with E-state index in [1.807, 2.05) is 43.3 Å². The molecule has 0 aliphatic carbocycles. The van der Waals surface area contributed by atoms with Crippen LogP contribution in [0.1, 0.15) is 23.7 Å². The molecule has 0 unspecified atom stereocenters. The van der Waals surface area contributed by atoms with Gasteiger partial charge in [0.2, 0.25) is 0 Å². The van der Waals surface area contributed by atoms with Gasteiger partial charge in [-0.2, -0.15) is 0 Å². The smallest absolute Gasteiger partial charge is 0.163 e. The van der Waals surface area contributed by atoms with Crippen LogP contribution in [-0.2, 0) is 0 Å². The Morgan fingerprint density at radius 1 is 1.12 bits per heavy atom. The Balaban J connectivity index is 1.72. The van der Waals surface area contributed by atoms with E-state index in [1.165, 1.54) is 0 Å². The quantitative estimate of drug-likeness (QED) is 0.590. The van der Waals surface area contributed by atoms with E-state index in [9.17, 15) is 5.11 Å². The van der Waals surface area contributed by atoms with E-state index in [2.05, 4.69) is 21.7 Å². The summed E-state index contributed by atoms with van der Waals surface area (Å²) in [4.78, 5) is 18.4. The van der Waals surface area contributed by atoms with Crippen molar-refractivity contribution in [2.45, 2.75) is 13.8 Å². The van der Waals surface area contributed by atoms with Crippen LogP contribution in [0.2, 0.25) is 0 Å². The lowest BCUT2D eigenvalue weighted by molar-refractivity contribution is 0.270. The molecule has 1 N–H and O–H groups in total. The number of rotatable bonds is 6. The summed E-state index contributed by atoms with van der Waals surface area (Å²) in [5, 5.41) is 10.9. The van der Waals surface area contributed by atoms with Crippen molar-refractivity contribution in [3.8, 4) is 17.1 Å². The number of anilines is 1. The number of benzene rings is 1. The summed E-state index contributed by atoms with van der Waals surface area (Å²) < 4.78 is 5.35. The second kappa shape index (κ2) is 9.78. The normalized spacial score (nSPS) is 15.1. The van der Waals surface area contributed by atoms with Gasteiger partial charge in [0.15, 0.2) is 5.82 Å². The first kappa shape index (κ1) is 21.8. The van der Waals surface area contributed by atoms with Gasteiger partial charge in [0.05, 0.1) is 12.8 Å². The molecule has 4 rings (SSSR count). The van der Waals surface area contributed by atoms with Gasteiger partial charge in [-0.15, -0.1) is 0 Å². The topological polar surface area (TPSA) is 74.6 Å². The Morgan fingerprint density at radius 2 is 1.94 bits per heavy atom. The molecule has 0 spiro atoms. The molecule has 3 heterocycles. The molecule has 2 aromatic heterocycles. The molecule has 1 saturated heterocycles. The summed E-state index contributed by atoms with van der Waals surface area (Å²) in [5.41, 5.74) is 3.17. The molecular formula is C25H29N5O2. The van der Waals surface area contributed by atoms with Crippen molar-refractivity contribution < 1.29 is 9.84 Å². The third-order valence-electron chi connectivity index (χ3n) is 5.66. The first-order valence-electron chi connectivity index (χ1n) is 10.9. The second-order valence-electron chi connectivity index (χ2n) is 7.91. The van der Waals surface area contributed by atoms with Crippen molar-refractivity contribution in [2.24, 2.45) is 0 Å². The van der Waals surface area contributed by atoms with Gasteiger partial charge in [0.25, 0.3) is 0 Å². The van der Waals surface area contributed by atoms with Gasteiger partial charge in [-0.1, -0.05) is 6.92 Å². The van der Waals surface area contributed by atoms with Gasteiger partial charge in [-0.05, 0) is 49.4 Å². The average molecular weight is 432 g/mol. The molecule has 1 fully saturated rings. The summed E-state index contributed by atoms with van der Waals surface area (Å²) in [5.74, 6) is 2.28. The van der Waals surface area contributed by atoms with Crippen molar-refractivity contribution in [3.63, 3.8) is 0 Å². The van der Waals surface area contributed by atoms with E-state index in [-0.39, 0.29) is 5.76 Å². The average Bonchev–Trinajstić information content (AvgIpc) is 2.84. The van der Waals surface area contributed by atoms with E-state index >= 15 is 0 Å². The summed E-state index contributed by atoms with van der Waals surface area (Å²) in [6.07, 6.45) is 5.17. The number of aliphatic hydroxyl groups is 1. The van der Waals surface area contributed by atoms with Crippen LogP contribution in [0, 0.1) is 6.92 Å². The predicted octanol–water partition coefficient (Wildman–Crippen LogP) is 4.05. The van der Waals surface area contributed by atoms with Crippen LogP contribution in [-0.4, -0.2) is 64.8 Å². The Morgan fingerprint density at radius 3 is 2.62 bits per heavy atom. The number of ether oxygens (including phenoxy) is 1. The largest absolute Gasteiger partial charge is 0.507 e. The minimum atomic E-state index is 0.129. The number of aryl methyl sites for hydroxylation is 1. The summed E-state index contributed by atoms with van der Waals surface area (Å²) >= 11 is 0. The number of aromatic nitrogens is 3. The number of piperazine rings is 1. The lowest BCUT2D eigenvalue weighted by atomic mass is 10.1. The predicted molar refractivity (Wildman–Crippen MR) is 128 cm³/mol. The molecular weight excluding hydrogens is 402 g/mol. The molecule has 7 nitrogen and oxygen atoms in total. The molecule has 0 amide bonds. The van der Waals surface area contributed by atoms with Gasteiger partial charge in [0, 0.05) is 61.8 Å². The highest BCUT2D eigenvalue weighted by Gasteiger charge is 2.19. The molecule has 1 aliphatic rings. The third kappa shape index (κ3) is 5.06. The van der Waals surface area contributed by atoms with Crippen LogP contribution in [0.5, 0.6) is 5.75 Å². The molecule has 3 aromatic rings. The Labute approximate surface area is 189 Å². The zero-order valence-corrected chi connectivity index (χ0v) is 18.8. The highest BCUT2D eigenvalue weighted by atomic mass is 16.5. The Hall–Kier alpha value is -3.45. The number of likely N-dealkylation sites (N-methyl/N-ethyl adjacent to an activating group) is 1. The first-order valence-corrected chi connectivity index (χ1v) is 10.9. The summed E-state index contributed by atoms with van der Waals surface area (Å²) in [7, 11) is 1.62. The van der Waals surface area contributed by atoms with E-state index in [4.69, 9.17) is 14.7 Å². The van der Waals surface area contributed by atoms with Crippen molar-refractivity contribution in [3.05, 3.63) is 65.6 Å². The SMILES string of the molecule is CCN1CCN(c2cc(/C=C(/O)c3cc(C)cc(OC)c3)nc(-c3cccnc3)n2)CC1. The number of pyridine rings is 1. The summed E-state index contributed by atoms with van der Waals surface area (Å²) in [6, 6.07) is 11.4. The molecule has 0 atom stereocenters. The van der Waals surface area contributed by atoms with E-state index < -0.39 is 0 Å². The van der Waals surface area contributed by atoms with Gasteiger partial charge in [-0.3, -0.25) is 4.98 Å². The fourth-order valence-corrected chi connectivity index (χ4v) is 3.84. The molecule has 0 bridgehead atoms. The van der Waals surface area contributed by atoms with Gasteiger partial charge in [0.1, 0.15) is 17.3 Å². The highest BCUT2D eigenvalue weighted by molar-refractivity contribution is 5.77. The van der Waals surface area contributed by atoms with Crippen molar-refractivity contribution in [1.82, 2.24) is 19.9 Å². The monoisotopic (exact) mass is 431 g/mol. The summed E-state index contributed by atoms with van der Waals surface area (Å²) in [6.45, 7) is 9.03. The molecule has 1 aromatic carbocycles. The van der Waals surface area contributed by atoms with E-state index in [0.717, 1.165) is 49.7 Å². The number of aliphatic hydroxyl groups excluding tert-OH is 1.